The van der Waals surface area contributed by atoms with Crippen molar-refractivity contribution in [2.45, 2.75) is 32.5 Å². The Hall–Kier alpha value is -0.570. The maximum Gasteiger partial charge on any atom is 0.335 e. The minimum atomic E-state index is -0.889. The molecule has 1 N–H and O–H groups in total. The molecule has 0 bridgehead atoms. The van der Waals surface area contributed by atoms with E-state index in [1.165, 1.54) is 0 Å². The summed E-state index contributed by atoms with van der Waals surface area (Å²) in [7, 11) is 0. The lowest BCUT2D eigenvalue weighted by atomic mass is 9.97. The average molecular weight is 144 g/mol. The fourth-order valence-electron chi connectivity index (χ4n) is 1.33. The van der Waals surface area contributed by atoms with Gasteiger partial charge in [0.1, 0.15) is 6.10 Å². The highest BCUT2D eigenvalue weighted by Gasteiger charge is 2.39. The van der Waals surface area contributed by atoms with Gasteiger partial charge in [0, 0.05) is 5.92 Å². The molecule has 1 fully saturated rings. The molecular formula is C7H12O3. The van der Waals surface area contributed by atoms with Gasteiger partial charge in [-0.15, -0.1) is 0 Å². The largest absolute Gasteiger partial charge is 0.460 e. The molecule has 3 atom stereocenters. The Labute approximate surface area is 60.0 Å². The number of aliphatic hydroxyl groups is 1. The van der Waals surface area contributed by atoms with Crippen molar-refractivity contribution < 1.29 is 14.6 Å². The van der Waals surface area contributed by atoms with Crippen LogP contribution in [0.4, 0.5) is 0 Å². The molecule has 0 spiro atoms. The highest BCUT2D eigenvalue weighted by molar-refractivity contribution is 5.77. The number of carbonyl (C=O) groups excluding carboxylic acids is 1. The Bertz CT molecular complexity index is 144. The van der Waals surface area contributed by atoms with E-state index in [2.05, 4.69) is 0 Å². The molecule has 0 aliphatic carbocycles. The van der Waals surface area contributed by atoms with E-state index in [0.717, 1.165) is 6.42 Å². The van der Waals surface area contributed by atoms with Crippen LogP contribution in [0.15, 0.2) is 0 Å². The van der Waals surface area contributed by atoms with Gasteiger partial charge in [-0.1, -0.05) is 6.92 Å². The maximum absolute atomic E-state index is 10.7. The quantitative estimate of drug-likeness (QED) is 0.539. The van der Waals surface area contributed by atoms with Crippen LogP contribution in [0.1, 0.15) is 20.3 Å². The number of carbonyl (C=O) groups is 1. The molecule has 1 rings (SSSR count). The zero-order valence-corrected chi connectivity index (χ0v) is 6.20. The Morgan fingerprint density at radius 3 is 2.50 bits per heavy atom. The summed E-state index contributed by atoms with van der Waals surface area (Å²) in [6.45, 7) is 3.74. The molecule has 58 valence electrons. The minimum Gasteiger partial charge on any atom is -0.460 e. The van der Waals surface area contributed by atoms with Crippen molar-refractivity contribution in [3.63, 3.8) is 0 Å². The van der Waals surface area contributed by atoms with E-state index >= 15 is 0 Å². The van der Waals surface area contributed by atoms with Gasteiger partial charge in [-0.25, -0.2) is 4.79 Å². The Balaban J connectivity index is 2.64. The molecule has 3 nitrogen and oxygen atoms in total. The summed E-state index contributed by atoms with van der Waals surface area (Å²) >= 11 is 0. The molecule has 0 saturated carbocycles. The first kappa shape index (κ1) is 7.54. The lowest BCUT2D eigenvalue weighted by Gasteiger charge is -2.10. The van der Waals surface area contributed by atoms with Gasteiger partial charge in [-0.2, -0.15) is 0 Å². The second-order valence-corrected chi connectivity index (χ2v) is 2.66. The summed E-state index contributed by atoms with van der Waals surface area (Å²) in [5.41, 5.74) is 0. The Morgan fingerprint density at radius 2 is 2.30 bits per heavy atom. The van der Waals surface area contributed by atoms with Crippen molar-refractivity contribution in [1.29, 1.82) is 0 Å². The van der Waals surface area contributed by atoms with E-state index in [1.807, 2.05) is 13.8 Å². The first-order chi connectivity index (χ1) is 4.66. The van der Waals surface area contributed by atoms with Crippen molar-refractivity contribution in [3.8, 4) is 0 Å². The van der Waals surface area contributed by atoms with Crippen molar-refractivity contribution in [2.75, 3.05) is 0 Å². The standard InChI is InChI=1S/C7H12O3/c1-3-5-4(2)10-7(9)6(5)8/h4-6,8H,3H2,1-2H3. The van der Waals surface area contributed by atoms with Crippen LogP contribution in [0, 0.1) is 5.92 Å². The zero-order chi connectivity index (χ0) is 7.72. The molecule has 1 aliphatic rings. The van der Waals surface area contributed by atoms with Crippen molar-refractivity contribution in [3.05, 3.63) is 0 Å². The monoisotopic (exact) mass is 144 g/mol. The molecule has 0 radical (unpaired) electrons. The number of hydrogen-bond donors (Lipinski definition) is 1. The molecule has 0 aromatic carbocycles. The second-order valence-electron chi connectivity index (χ2n) is 2.66. The molecule has 0 amide bonds. The third kappa shape index (κ3) is 1.01. The zero-order valence-electron chi connectivity index (χ0n) is 6.20. The van der Waals surface area contributed by atoms with Crippen LogP contribution in [0.5, 0.6) is 0 Å². The minimum absolute atomic E-state index is 0.00694. The summed E-state index contributed by atoms with van der Waals surface area (Å²) in [6.07, 6.45) is -0.221. The van der Waals surface area contributed by atoms with Gasteiger partial charge >= 0.3 is 5.97 Å². The Morgan fingerprint density at radius 1 is 1.70 bits per heavy atom. The molecular weight excluding hydrogens is 132 g/mol. The molecule has 3 unspecified atom stereocenters. The summed E-state index contributed by atoms with van der Waals surface area (Å²) in [5, 5.41) is 9.15. The lowest BCUT2D eigenvalue weighted by Crippen LogP contribution is -2.23. The predicted octanol–water partition coefficient (Wildman–Crippen LogP) is 0.319. The van der Waals surface area contributed by atoms with Gasteiger partial charge in [0.2, 0.25) is 0 Å². The highest BCUT2D eigenvalue weighted by atomic mass is 16.6. The average Bonchev–Trinajstić information content (AvgIpc) is 2.09. The first-order valence-electron chi connectivity index (χ1n) is 3.55. The molecule has 1 aliphatic heterocycles. The van der Waals surface area contributed by atoms with Crippen LogP contribution in [0.3, 0.4) is 0 Å². The molecule has 10 heavy (non-hydrogen) atoms. The third-order valence-corrected chi connectivity index (χ3v) is 2.02. The van der Waals surface area contributed by atoms with E-state index in [-0.39, 0.29) is 12.0 Å². The van der Waals surface area contributed by atoms with Gasteiger partial charge < -0.3 is 9.84 Å². The van der Waals surface area contributed by atoms with Gasteiger partial charge in [0.25, 0.3) is 0 Å². The summed E-state index contributed by atoms with van der Waals surface area (Å²) in [4.78, 5) is 10.7. The molecule has 0 aromatic heterocycles. The predicted molar refractivity (Wildman–Crippen MR) is 35.3 cm³/mol. The Kier molecular flexibility index (Phi) is 1.94. The lowest BCUT2D eigenvalue weighted by molar-refractivity contribution is -0.146. The van der Waals surface area contributed by atoms with Gasteiger partial charge in [-0.05, 0) is 13.3 Å². The van der Waals surface area contributed by atoms with Crippen LogP contribution in [0.25, 0.3) is 0 Å². The van der Waals surface area contributed by atoms with Crippen LogP contribution in [-0.2, 0) is 9.53 Å². The second kappa shape index (κ2) is 2.58. The normalized spacial score (nSPS) is 39.9. The van der Waals surface area contributed by atoms with E-state index in [4.69, 9.17) is 9.84 Å². The highest BCUT2D eigenvalue weighted by Crippen LogP contribution is 2.24. The third-order valence-electron chi connectivity index (χ3n) is 2.02. The van der Waals surface area contributed by atoms with Crippen molar-refractivity contribution >= 4 is 5.97 Å². The SMILES string of the molecule is CCC1C(C)OC(=O)C1O. The van der Waals surface area contributed by atoms with Crippen LogP contribution in [0.2, 0.25) is 0 Å². The van der Waals surface area contributed by atoms with Gasteiger partial charge in [0.05, 0.1) is 0 Å². The number of hydrogen-bond acceptors (Lipinski definition) is 3. The summed E-state index contributed by atoms with van der Waals surface area (Å²) in [6, 6.07) is 0. The number of aliphatic hydroxyl groups excluding tert-OH is 1. The fraction of sp³-hybridized carbons (Fsp3) is 0.857. The molecule has 1 heterocycles. The fourth-order valence-corrected chi connectivity index (χ4v) is 1.33. The van der Waals surface area contributed by atoms with Crippen molar-refractivity contribution in [2.24, 2.45) is 5.92 Å². The van der Waals surface area contributed by atoms with E-state index < -0.39 is 12.1 Å². The smallest absolute Gasteiger partial charge is 0.335 e. The topological polar surface area (TPSA) is 46.5 Å². The molecule has 0 aromatic rings. The first-order valence-corrected chi connectivity index (χ1v) is 3.55. The van der Waals surface area contributed by atoms with Crippen molar-refractivity contribution in [1.82, 2.24) is 0 Å². The summed E-state index contributed by atoms with van der Waals surface area (Å²) < 4.78 is 4.79. The van der Waals surface area contributed by atoms with E-state index in [9.17, 15) is 4.79 Å². The number of ether oxygens (including phenoxy) is 1. The van der Waals surface area contributed by atoms with Crippen LogP contribution < -0.4 is 0 Å². The van der Waals surface area contributed by atoms with Gasteiger partial charge in [-0.3, -0.25) is 0 Å². The number of cyclic esters (lactones) is 1. The number of esters is 1. The van der Waals surface area contributed by atoms with E-state index in [0.29, 0.717) is 0 Å². The van der Waals surface area contributed by atoms with Gasteiger partial charge in [0.15, 0.2) is 6.10 Å². The maximum atomic E-state index is 10.7. The molecule has 3 heteroatoms. The number of rotatable bonds is 1. The summed E-state index contributed by atoms with van der Waals surface area (Å²) in [5.74, 6) is -0.480. The van der Waals surface area contributed by atoms with E-state index in [1.54, 1.807) is 0 Å². The molecule has 1 saturated heterocycles. The van der Waals surface area contributed by atoms with Crippen LogP contribution >= 0.6 is 0 Å². The van der Waals surface area contributed by atoms with Crippen LogP contribution in [-0.4, -0.2) is 23.3 Å².